The van der Waals surface area contributed by atoms with Crippen LogP contribution in [0.1, 0.15) is 30.1 Å². The molecule has 25 heavy (non-hydrogen) atoms. The number of carbonyl (C=O) groups excluding carboxylic acids is 3. The molecule has 0 spiro atoms. The third-order valence-corrected chi connectivity index (χ3v) is 4.86. The molecule has 138 valence electrons. The Kier molecular flexibility index (Phi) is 7.52. The van der Waals surface area contributed by atoms with Crippen molar-refractivity contribution in [3.05, 3.63) is 29.8 Å². The third-order valence-electron chi connectivity index (χ3n) is 3.05. The van der Waals surface area contributed by atoms with Gasteiger partial charge in [0.1, 0.15) is 0 Å². The molecular weight excluding hydrogens is 350 g/mol. The number of benzene rings is 1. The highest BCUT2D eigenvalue weighted by Crippen LogP contribution is 2.14. The first-order chi connectivity index (χ1) is 11.7. The van der Waals surface area contributed by atoms with Crippen LogP contribution in [0.3, 0.4) is 0 Å². The van der Waals surface area contributed by atoms with Crippen molar-refractivity contribution in [3.8, 4) is 0 Å². The Morgan fingerprint density at radius 3 is 2.40 bits per heavy atom. The maximum Gasteiger partial charge on any atom is 0.306 e. The van der Waals surface area contributed by atoms with E-state index in [-0.39, 0.29) is 29.9 Å². The summed E-state index contributed by atoms with van der Waals surface area (Å²) in [6, 6.07) is 5.40. The molecule has 2 N–H and O–H groups in total. The number of hydrazine groups is 1. The van der Waals surface area contributed by atoms with Gasteiger partial charge in [-0.3, -0.25) is 25.2 Å². The number of carbonyl (C=O) groups is 3. The van der Waals surface area contributed by atoms with Gasteiger partial charge in [0.25, 0.3) is 5.91 Å². The van der Waals surface area contributed by atoms with Gasteiger partial charge in [0.05, 0.1) is 17.9 Å². The number of hydrogen-bond donors (Lipinski definition) is 2. The van der Waals surface area contributed by atoms with E-state index in [0.717, 1.165) is 4.31 Å². The predicted molar refractivity (Wildman–Crippen MR) is 88.8 cm³/mol. The second kappa shape index (κ2) is 9.14. The number of nitrogens with zero attached hydrogens (tertiary/aromatic N) is 1. The molecule has 9 nitrogen and oxygen atoms in total. The molecule has 1 aromatic carbocycles. The Morgan fingerprint density at radius 2 is 1.80 bits per heavy atom. The zero-order valence-electron chi connectivity index (χ0n) is 14.2. The van der Waals surface area contributed by atoms with E-state index in [0.29, 0.717) is 0 Å². The van der Waals surface area contributed by atoms with E-state index in [1.807, 2.05) is 0 Å². The Hall–Kier alpha value is -2.46. The topological polar surface area (TPSA) is 122 Å². The van der Waals surface area contributed by atoms with Crippen LogP contribution in [0, 0.1) is 0 Å². The summed E-state index contributed by atoms with van der Waals surface area (Å²) in [6.07, 6.45) is -0.250. The molecule has 10 heteroatoms. The van der Waals surface area contributed by atoms with Crippen LogP contribution in [0.25, 0.3) is 0 Å². The van der Waals surface area contributed by atoms with Crippen LogP contribution in [0.4, 0.5) is 0 Å². The van der Waals surface area contributed by atoms with Gasteiger partial charge in [-0.2, -0.15) is 0 Å². The first-order valence-electron chi connectivity index (χ1n) is 7.46. The molecular formula is C15H21N3O6S. The molecule has 0 aliphatic heterocycles. The van der Waals surface area contributed by atoms with E-state index < -0.39 is 27.8 Å². The van der Waals surface area contributed by atoms with Crippen molar-refractivity contribution in [2.45, 2.75) is 24.7 Å². The van der Waals surface area contributed by atoms with E-state index in [4.69, 9.17) is 0 Å². The number of rotatable bonds is 7. The molecule has 0 aliphatic rings. The van der Waals surface area contributed by atoms with Gasteiger partial charge in [0.15, 0.2) is 0 Å². The standard InChI is InChI=1S/C15H21N3O6S/c1-4-24-14(20)9-8-13(19)16-17-15(21)11-6-5-7-12(10-11)25(22,23)18(2)3/h5-7,10H,4,8-9H2,1-3H3,(H,16,19)(H,17,21). The normalized spacial score (nSPS) is 11.0. The van der Waals surface area contributed by atoms with E-state index in [1.54, 1.807) is 6.92 Å². The summed E-state index contributed by atoms with van der Waals surface area (Å²) in [7, 11) is -0.912. The van der Waals surface area contributed by atoms with Crippen LogP contribution >= 0.6 is 0 Å². The fourth-order valence-electron chi connectivity index (χ4n) is 1.72. The van der Waals surface area contributed by atoms with Gasteiger partial charge < -0.3 is 4.74 Å². The first kappa shape index (κ1) is 20.6. The Labute approximate surface area is 146 Å². The lowest BCUT2D eigenvalue weighted by molar-refractivity contribution is -0.144. The summed E-state index contributed by atoms with van der Waals surface area (Å²) in [5.41, 5.74) is 4.38. The molecule has 2 amide bonds. The maximum absolute atomic E-state index is 12.1. The van der Waals surface area contributed by atoms with Crippen molar-refractivity contribution in [1.29, 1.82) is 0 Å². The smallest absolute Gasteiger partial charge is 0.306 e. The maximum atomic E-state index is 12.1. The van der Waals surface area contributed by atoms with Crippen LogP contribution in [0.5, 0.6) is 0 Å². The van der Waals surface area contributed by atoms with Crippen molar-refractivity contribution in [3.63, 3.8) is 0 Å². The second-order valence-corrected chi connectivity index (χ2v) is 7.27. The van der Waals surface area contributed by atoms with Crippen LogP contribution in [0.2, 0.25) is 0 Å². The summed E-state index contributed by atoms with van der Waals surface area (Å²) in [5.74, 6) is -1.76. The van der Waals surface area contributed by atoms with Crippen LogP contribution in [0.15, 0.2) is 29.2 Å². The number of sulfonamides is 1. The average molecular weight is 371 g/mol. The Morgan fingerprint density at radius 1 is 1.12 bits per heavy atom. The summed E-state index contributed by atoms with van der Waals surface area (Å²) in [4.78, 5) is 34.7. The number of amides is 2. The molecule has 0 aromatic heterocycles. The number of ether oxygens (including phenoxy) is 1. The van der Waals surface area contributed by atoms with E-state index in [9.17, 15) is 22.8 Å². The molecule has 0 unspecified atom stereocenters. The Bertz CT molecular complexity index is 745. The number of hydrogen-bond acceptors (Lipinski definition) is 6. The van der Waals surface area contributed by atoms with Gasteiger partial charge in [-0.25, -0.2) is 12.7 Å². The predicted octanol–water partition coefficient (Wildman–Crippen LogP) is 0.0412. The van der Waals surface area contributed by atoms with Crippen LogP contribution in [-0.2, 0) is 24.3 Å². The molecule has 1 aromatic rings. The quantitative estimate of drug-likeness (QED) is 0.515. The molecule has 0 aliphatic carbocycles. The molecule has 0 fully saturated rings. The van der Waals surface area contributed by atoms with Crippen molar-refractivity contribution in [2.75, 3.05) is 20.7 Å². The molecule has 0 bridgehead atoms. The fourth-order valence-corrected chi connectivity index (χ4v) is 2.67. The zero-order chi connectivity index (χ0) is 19.0. The molecule has 0 saturated heterocycles. The minimum atomic E-state index is -3.67. The minimum Gasteiger partial charge on any atom is -0.466 e. The Balaban J connectivity index is 2.64. The molecule has 0 heterocycles. The monoisotopic (exact) mass is 371 g/mol. The number of esters is 1. The van der Waals surface area contributed by atoms with Crippen molar-refractivity contribution in [2.24, 2.45) is 0 Å². The van der Waals surface area contributed by atoms with E-state index in [1.165, 1.54) is 38.4 Å². The number of nitrogens with one attached hydrogen (secondary N) is 2. The lowest BCUT2D eigenvalue weighted by Crippen LogP contribution is -2.41. The van der Waals surface area contributed by atoms with Gasteiger partial charge in [-0.05, 0) is 25.1 Å². The molecule has 1 rings (SSSR count). The lowest BCUT2D eigenvalue weighted by atomic mass is 10.2. The van der Waals surface area contributed by atoms with Gasteiger partial charge in [0, 0.05) is 26.1 Å². The van der Waals surface area contributed by atoms with Crippen LogP contribution < -0.4 is 10.9 Å². The van der Waals surface area contributed by atoms with E-state index in [2.05, 4.69) is 15.6 Å². The third kappa shape index (κ3) is 6.16. The van der Waals surface area contributed by atoms with Crippen molar-refractivity contribution in [1.82, 2.24) is 15.2 Å². The zero-order valence-corrected chi connectivity index (χ0v) is 15.1. The van der Waals surface area contributed by atoms with Gasteiger partial charge in [-0.1, -0.05) is 6.07 Å². The van der Waals surface area contributed by atoms with Gasteiger partial charge in [-0.15, -0.1) is 0 Å². The lowest BCUT2D eigenvalue weighted by Gasteiger charge is -2.12. The molecule has 0 atom stereocenters. The second-order valence-electron chi connectivity index (χ2n) is 5.12. The summed E-state index contributed by atoms with van der Waals surface area (Å²) >= 11 is 0. The van der Waals surface area contributed by atoms with Crippen LogP contribution in [-0.4, -0.2) is 51.2 Å². The highest BCUT2D eigenvalue weighted by molar-refractivity contribution is 7.89. The summed E-state index contributed by atoms with van der Waals surface area (Å²) in [5, 5.41) is 0. The molecule has 0 radical (unpaired) electrons. The minimum absolute atomic E-state index is 0.0428. The van der Waals surface area contributed by atoms with Crippen molar-refractivity contribution >= 4 is 27.8 Å². The van der Waals surface area contributed by atoms with Gasteiger partial charge >= 0.3 is 5.97 Å². The average Bonchev–Trinajstić information content (AvgIpc) is 2.58. The highest BCUT2D eigenvalue weighted by atomic mass is 32.2. The first-order valence-corrected chi connectivity index (χ1v) is 8.90. The SMILES string of the molecule is CCOC(=O)CCC(=O)NNC(=O)c1cccc(S(=O)(=O)N(C)C)c1. The fraction of sp³-hybridized carbons (Fsp3) is 0.400. The highest BCUT2D eigenvalue weighted by Gasteiger charge is 2.19. The summed E-state index contributed by atoms with van der Waals surface area (Å²) < 4.78 is 29.8. The van der Waals surface area contributed by atoms with E-state index >= 15 is 0 Å². The summed E-state index contributed by atoms with van der Waals surface area (Å²) in [6.45, 7) is 1.88. The molecule has 0 saturated carbocycles. The largest absolute Gasteiger partial charge is 0.466 e. The van der Waals surface area contributed by atoms with Crippen molar-refractivity contribution < 1.29 is 27.5 Å². The van der Waals surface area contributed by atoms with Gasteiger partial charge in [0.2, 0.25) is 15.9 Å².